The molecular formula is C24H31N3O2. The van der Waals surface area contributed by atoms with E-state index in [2.05, 4.69) is 12.1 Å². The first kappa shape index (κ1) is 21.1. The van der Waals surface area contributed by atoms with Gasteiger partial charge in [0, 0.05) is 32.7 Å². The fourth-order valence-corrected chi connectivity index (χ4v) is 3.81. The van der Waals surface area contributed by atoms with Crippen LogP contribution in [-0.2, 0) is 21.5 Å². The van der Waals surface area contributed by atoms with Crippen LogP contribution in [0, 0.1) is 0 Å². The van der Waals surface area contributed by atoms with Gasteiger partial charge < -0.3 is 9.80 Å². The van der Waals surface area contributed by atoms with Crippen LogP contribution in [0.1, 0.15) is 25.0 Å². The molecule has 29 heavy (non-hydrogen) atoms. The molecule has 0 bridgehead atoms. The van der Waals surface area contributed by atoms with Crippen molar-refractivity contribution in [2.24, 2.45) is 0 Å². The van der Waals surface area contributed by atoms with Gasteiger partial charge in [-0.1, -0.05) is 60.7 Å². The first-order chi connectivity index (χ1) is 13.9. The third-order valence-corrected chi connectivity index (χ3v) is 5.65. The minimum Gasteiger partial charge on any atom is -0.338 e. The van der Waals surface area contributed by atoms with Crippen molar-refractivity contribution >= 4 is 11.8 Å². The Morgan fingerprint density at radius 3 is 1.97 bits per heavy atom. The van der Waals surface area contributed by atoms with Crippen molar-refractivity contribution in [1.82, 2.24) is 14.7 Å². The lowest BCUT2D eigenvalue weighted by Gasteiger charge is -2.39. The number of rotatable bonds is 6. The number of likely N-dealkylation sites (N-methyl/N-ethyl adjacent to an activating group) is 1. The molecule has 5 nitrogen and oxygen atoms in total. The normalized spacial score (nSPS) is 14.9. The van der Waals surface area contributed by atoms with E-state index in [1.165, 1.54) is 5.56 Å². The van der Waals surface area contributed by atoms with Crippen molar-refractivity contribution in [3.63, 3.8) is 0 Å². The van der Waals surface area contributed by atoms with Crippen LogP contribution in [-0.4, -0.2) is 66.3 Å². The van der Waals surface area contributed by atoms with Gasteiger partial charge >= 0.3 is 0 Å². The van der Waals surface area contributed by atoms with E-state index in [0.717, 1.165) is 12.1 Å². The molecular weight excluding hydrogens is 362 g/mol. The standard InChI is InChI=1S/C24H31N3O2/c1-24(2,21-12-8-5-9-13-21)23(29)27-16-14-26(15-17-27)22(28)19-25(3)18-20-10-6-4-7-11-20/h4-13H,14-19H2,1-3H3. The second-order valence-electron chi connectivity index (χ2n) is 8.32. The molecule has 0 aromatic heterocycles. The van der Waals surface area contributed by atoms with Crippen LogP contribution in [0.2, 0.25) is 0 Å². The zero-order chi connectivity index (χ0) is 20.9. The van der Waals surface area contributed by atoms with Crippen LogP contribution in [0.25, 0.3) is 0 Å². The average Bonchev–Trinajstić information content (AvgIpc) is 2.74. The second-order valence-corrected chi connectivity index (χ2v) is 8.32. The Labute approximate surface area is 173 Å². The Morgan fingerprint density at radius 1 is 0.862 bits per heavy atom. The van der Waals surface area contributed by atoms with Crippen LogP contribution in [0.4, 0.5) is 0 Å². The maximum absolute atomic E-state index is 13.1. The number of hydrogen-bond acceptors (Lipinski definition) is 3. The van der Waals surface area contributed by atoms with Gasteiger partial charge in [-0.25, -0.2) is 0 Å². The summed E-state index contributed by atoms with van der Waals surface area (Å²) in [7, 11) is 1.97. The van der Waals surface area contributed by atoms with Crippen LogP contribution >= 0.6 is 0 Å². The molecule has 0 spiro atoms. The number of benzene rings is 2. The van der Waals surface area contributed by atoms with E-state index in [1.807, 2.05) is 84.1 Å². The predicted molar refractivity (Wildman–Crippen MR) is 115 cm³/mol. The highest BCUT2D eigenvalue weighted by Gasteiger charge is 2.35. The molecule has 1 heterocycles. The molecule has 0 radical (unpaired) electrons. The summed E-state index contributed by atoms with van der Waals surface area (Å²) < 4.78 is 0. The summed E-state index contributed by atoms with van der Waals surface area (Å²) in [6.07, 6.45) is 0. The first-order valence-corrected chi connectivity index (χ1v) is 10.2. The maximum Gasteiger partial charge on any atom is 0.236 e. The molecule has 5 heteroatoms. The van der Waals surface area contributed by atoms with Crippen molar-refractivity contribution in [2.75, 3.05) is 39.8 Å². The summed E-state index contributed by atoms with van der Waals surface area (Å²) in [6, 6.07) is 20.0. The van der Waals surface area contributed by atoms with E-state index in [0.29, 0.717) is 32.7 Å². The van der Waals surface area contributed by atoms with Crippen LogP contribution in [0.15, 0.2) is 60.7 Å². The number of carbonyl (C=O) groups excluding carboxylic acids is 2. The van der Waals surface area contributed by atoms with E-state index in [1.54, 1.807) is 0 Å². The van der Waals surface area contributed by atoms with Gasteiger partial charge in [0.15, 0.2) is 0 Å². The zero-order valence-corrected chi connectivity index (χ0v) is 17.7. The van der Waals surface area contributed by atoms with Gasteiger partial charge in [0.1, 0.15) is 0 Å². The SMILES string of the molecule is CN(CC(=O)N1CCN(C(=O)C(C)(C)c2ccccc2)CC1)Cc1ccccc1. The minimum atomic E-state index is -0.566. The monoisotopic (exact) mass is 393 g/mol. The van der Waals surface area contributed by atoms with E-state index in [9.17, 15) is 9.59 Å². The van der Waals surface area contributed by atoms with Gasteiger partial charge in [-0.3, -0.25) is 14.5 Å². The highest BCUT2D eigenvalue weighted by atomic mass is 16.2. The Bertz CT molecular complexity index is 813. The summed E-state index contributed by atoms with van der Waals surface area (Å²) in [5.74, 6) is 0.245. The third-order valence-electron chi connectivity index (χ3n) is 5.65. The summed E-state index contributed by atoms with van der Waals surface area (Å²) in [5, 5.41) is 0. The predicted octanol–water partition coefficient (Wildman–Crippen LogP) is 2.77. The summed E-state index contributed by atoms with van der Waals surface area (Å²) in [6.45, 7) is 7.44. The Hall–Kier alpha value is -2.66. The maximum atomic E-state index is 13.1. The van der Waals surface area contributed by atoms with Crippen LogP contribution in [0.3, 0.4) is 0 Å². The van der Waals surface area contributed by atoms with Crippen LogP contribution in [0.5, 0.6) is 0 Å². The van der Waals surface area contributed by atoms with Crippen molar-refractivity contribution in [2.45, 2.75) is 25.8 Å². The molecule has 154 valence electrons. The highest BCUT2D eigenvalue weighted by Crippen LogP contribution is 2.26. The third kappa shape index (κ3) is 5.24. The van der Waals surface area contributed by atoms with E-state index in [-0.39, 0.29) is 11.8 Å². The summed E-state index contributed by atoms with van der Waals surface area (Å²) in [5.41, 5.74) is 1.65. The molecule has 1 fully saturated rings. The van der Waals surface area contributed by atoms with Gasteiger partial charge in [-0.15, -0.1) is 0 Å². The van der Waals surface area contributed by atoms with Crippen molar-refractivity contribution < 1.29 is 9.59 Å². The van der Waals surface area contributed by atoms with Gasteiger partial charge in [0.05, 0.1) is 12.0 Å². The molecule has 0 atom stereocenters. The second kappa shape index (κ2) is 9.23. The van der Waals surface area contributed by atoms with Gasteiger partial charge in [0.2, 0.25) is 11.8 Å². The summed E-state index contributed by atoms with van der Waals surface area (Å²) >= 11 is 0. The topological polar surface area (TPSA) is 43.9 Å². The largest absolute Gasteiger partial charge is 0.338 e. The van der Waals surface area contributed by atoms with Crippen molar-refractivity contribution in [3.05, 3.63) is 71.8 Å². The van der Waals surface area contributed by atoms with Gasteiger partial charge in [-0.05, 0) is 32.0 Å². The fraction of sp³-hybridized carbons (Fsp3) is 0.417. The summed E-state index contributed by atoms with van der Waals surface area (Å²) in [4.78, 5) is 31.6. The fourth-order valence-electron chi connectivity index (χ4n) is 3.81. The minimum absolute atomic E-state index is 0.122. The van der Waals surface area contributed by atoms with Crippen molar-refractivity contribution in [1.29, 1.82) is 0 Å². The average molecular weight is 394 g/mol. The van der Waals surface area contributed by atoms with Crippen LogP contribution < -0.4 is 0 Å². The molecule has 1 saturated heterocycles. The Balaban J connectivity index is 1.50. The lowest BCUT2D eigenvalue weighted by atomic mass is 9.83. The number of piperazine rings is 1. The smallest absolute Gasteiger partial charge is 0.236 e. The molecule has 2 aromatic carbocycles. The molecule has 2 aromatic rings. The number of nitrogens with zero attached hydrogens (tertiary/aromatic N) is 3. The molecule has 0 saturated carbocycles. The zero-order valence-electron chi connectivity index (χ0n) is 17.7. The number of carbonyl (C=O) groups is 2. The van der Waals surface area contributed by atoms with E-state index < -0.39 is 5.41 Å². The lowest BCUT2D eigenvalue weighted by Crippen LogP contribution is -2.55. The lowest BCUT2D eigenvalue weighted by molar-refractivity contribution is -0.143. The van der Waals surface area contributed by atoms with Gasteiger partial charge in [0.25, 0.3) is 0 Å². The first-order valence-electron chi connectivity index (χ1n) is 10.2. The van der Waals surface area contributed by atoms with E-state index in [4.69, 9.17) is 0 Å². The molecule has 0 N–H and O–H groups in total. The highest BCUT2D eigenvalue weighted by molar-refractivity contribution is 5.87. The number of hydrogen-bond donors (Lipinski definition) is 0. The van der Waals surface area contributed by atoms with Gasteiger partial charge in [-0.2, -0.15) is 0 Å². The molecule has 0 unspecified atom stereocenters. The number of amides is 2. The molecule has 1 aliphatic rings. The quantitative estimate of drug-likeness (QED) is 0.758. The van der Waals surface area contributed by atoms with E-state index >= 15 is 0 Å². The molecule has 0 aliphatic carbocycles. The van der Waals surface area contributed by atoms with Crippen molar-refractivity contribution in [3.8, 4) is 0 Å². The molecule has 2 amide bonds. The Kier molecular flexibility index (Phi) is 6.70. The molecule has 1 aliphatic heterocycles. The molecule has 3 rings (SSSR count). The Morgan fingerprint density at radius 2 is 1.38 bits per heavy atom.